The van der Waals surface area contributed by atoms with E-state index in [2.05, 4.69) is 36.6 Å². The number of halogens is 2. The Bertz CT molecular complexity index is 788. The van der Waals surface area contributed by atoms with Gasteiger partial charge in [-0.15, -0.1) is 0 Å². The van der Waals surface area contributed by atoms with E-state index < -0.39 is 16.0 Å². The van der Waals surface area contributed by atoms with E-state index in [-0.39, 0.29) is 16.1 Å². The summed E-state index contributed by atoms with van der Waals surface area (Å²) in [5, 5.41) is 9.13. The minimum atomic E-state index is -3.85. The van der Waals surface area contributed by atoms with Crippen LogP contribution in [0.4, 0.5) is 5.69 Å². The normalized spacial score (nSPS) is 11.1. The molecule has 0 saturated carbocycles. The Kier molecular flexibility index (Phi) is 4.70. The van der Waals surface area contributed by atoms with E-state index in [9.17, 15) is 13.2 Å². The number of carbonyl (C=O) groups is 1. The first-order chi connectivity index (χ1) is 9.79. The lowest BCUT2D eigenvalue weighted by Crippen LogP contribution is -2.15. The summed E-state index contributed by atoms with van der Waals surface area (Å²) >= 11 is 6.37. The molecule has 2 rings (SSSR count). The zero-order chi connectivity index (χ0) is 15.6. The molecule has 5 nitrogen and oxygen atoms in total. The van der Waals surface area contributed by atoms with Gasteiger partial charge in [-0.2, -0.15) is 0 Å². The van der Waals surface area contributed by atoms with Crippen molar-refractivity contribution in [3.8, 4) is 0 Å². The van der Waals surface area contributed by atoms with Crippen LogP contribution in [0.5, 0.6) is 0 Å². The molecule has 0 atom stereocenters. The molecule has 21 heavy (non-hydrogen) atoms. The van der Waals surface area contributed by atoms with Crippen molar-refractivity contribution in [3.63, 3.8) is 0 Å². The van der Waals surface area contributed by atoms with Gasteiger partial charge in [-0.3, -0.25) is 4.72 Å². The second-order valence-corrected chi connectivity index (χ2v) is 7.57. The summed E-state index contributed by atoms with van der Waals surface area (Å²) in [6.45, 7) is 0. The molecule has 0 unspecified atom stereocenters. The monoisotopic (exact) mass is 433 g/mol. The number of anilines is 1. The van der Waals surface area contributed by atoms with E-state index in [0.717, 1.165) is 4.47 Å². The molecule has 110 valence electrons. The minimum Gasteiger partial charge on any atom is -0.478 e. The zero-order valence-electron chi connectivity index (χ0n) is 10.4. The average Bonchev–Trinajstić information content (AvgIpc) is 2.41. The largest absolute Gasteiger partial charge is 0.478 e. The maximum absolute atomic E-state index is 12.2. The highest BCUT2D eigenvalue weighted by molar-refractivity contribution is 9.10. The number of carboxylic acids is 1. The van der Waals surface area contributed by atoms with Gasteiger partial charge in [-0.25, -0.2) is 13.2 Å². The maximum atomic E-state index is 12.2. The van der Waals surface area contributed by atoms with Gasteiger partial charge in [0.2, 0.25) is 0 Å². The van der Waals surface area contributed by atoms with Gasteiger partial charge in [0, 0.05) is 8.95 Å². The third-order valence-electron chi connectivity index (χ3n) is 2.58. The van der Waals surface area contributed by atoms with Gasteiger partial charge in [0.05, 0.1) is 16.1 Å². The minimum absolute atomic E-state index is 0.00798. The van der Waals surface area contributed by atoms with Crippen LogP contribution in [0.1, 0.15) is 10.4 Å². The fourth-order valence-corrected chi connectivity index (χ4v) is 3.31. The number of nitrogens with one attached hydrogen (secondary N) is 1. The van der Waals surface area contributed by atoms with E-state index in [0.29, 0.717) is 4.47 Å². The third kappa shape index (κ3) is 3.84. The van der Waals surface area contributed by atoms with Gasteiger partial charge < -0.3 is 5.11 Å². The number of benzene rings is 2. The van der Waals surface area contributed by atoms with Crippen molar-refractivity contribution in [2.45, 2.75) is 4.90 Å². The van der Waals surface area contributed by atoms with Crippen LogP contribution in [0.25, 0.3) is 0 Å². The molecule has 2 aromatic carbocycles. The standard InChI is InChI=1S/C13H9Br2NO4S/c14-8-1-4-10(5-2-8)21(19,20)16-12-6-3-9(15)7-11(12)13(17)18/h1-7,16H,(H,17,18). The zero-order valence-corrected chi connectivity index (χ0v) is 14.4. The summed E-state index contributed by atoms with van der Waals surface area (Å²) in [6, 6.07) is 10.3. The molecule has 8 heteroatoms. The molecule has 0 bridgehead atoms. The van der Waals surface area contributed by atoms with Crippen LogP contribution in [-0.4, -0.2) is 19.5 Å². The Morgan fingerprint density at radius 3 is 2.14 bits per heavy atom. The van der Waals surface area contributed by atoms with Gasteiger partial charge in [0.1, 0.15) is 0 Å². The molecule has 0 saturated heterocycles. The van der Waals surface area contributed by atoms with E-state index >= 15 is 0 Å². The lowest BCUT2D eigenvalue weighted by Gasteiger charge is -2.11. The highest BCUT2D eigenvalue weighted by Crippen LogP contribution is 2.24. The SMILES string of the molecule is O=C(O)c1cc(Br)ccc1NS(=O)(=O)c1ccc(Br)cc1. The summed E-state index contributed by atoms with van der Waals surface area (Å²) in [5.41, 5.74) is -0.126. The van der Waals surface area contributed by atoms with Crippen molar-refractivity contribution in [2.24, 2.45) is 0 Å². The summed E-state index contributed by atoms with van der Waals surface area (Å²) < 4.78 is 28.1. The number of rotatable bonds is 4. The number of hydrogen-bond donors (Lipinski definition) is 2. The molecule has 0 amide bonds. The molecule has 2 aromatic rings. The first kappa shape index (κ1) is 16.0. The highest BCUT2D eigenvalue weighted by Gasteiger charge is 2.18. The molecule has 2 N–H and O–H groups in total. The summed E-state index contributed by atoms with van der Waals surface area (Å²) in [5.74, 6) is -1.22. The van der Waals surface area contributed by atoms with Gasteiger partial charge in [-0.05, 0) is 42.5 Å². The Morgan fingerprint density at radius 2 is 1.57 bits per heavy atom. The molecule has 0 aliphatic rings. The molecular weight excluding hydrogens is 426 g/mol. The van der Waals surface area contributed by atoms with E-state index in [1.54, 1.807) is 18.2 Å². The van der Waals surface area contributed by atoms with Crippen molar-refractivity contribution < 1.29 is 18.3 Å². The highest BCUT2D eigenvalue weighted by atomic mass is 79.9. The van der Waals surface area contributed by atoms with E-state index in [1.807, 2.05) is 0 Å². The quantitative estimate of drug-likeness (QED) is 0.768. The second kappa shape index (κ2) is 6.17. The second-order valence-electron chi connectivity index (χ2n) is 4.05. The van der Waals surface area contributed by atoms with Crippen molar-refractivity contribution in [1.29, 1.82) is 0 Å². The fourth-order valence-electron chi connectivity index (χ4n) is 1.60. The van der Waals surface area contributed by atoms with Crippen LogP contribution < -0.4 is 4.72 Å². The average molecular weight is 435 g/mol. The van der Waals surface area contributed by atoms with Crippen LogP contribution in [0.15, 0.2) is 56.3 Å². The van der Waals surface area contributed by atoms with Crippen molar-refractivity contribution in [1.82, 2.24) is 0 Å². The molecular formula is C13H9Br2NO4S. The predicted molar refractivity (Wildman–Crippen MR) is 86.1 cm³/mol. The Morgan fingerprint density at radius 1 is 1.00 bits per heavy atom. The van der Waals surface area contributed by atoms with E-state index in [4.69, 9.17) is 5.11 Å². The lowest BCUT2D eigenvalue weighted by molar-refractivity contribution is 0.0698. The van der Waals surface area contributed by atoms with Gasteiger partial charge >= 0.3 is 5.97 Å². The molecule has 0 aliphatic heterocycles. The number of aromatic carboxylic acids is 1. The van der Waals surface area contributed by atoms with Crippen LogP contribution in [0.3, 0.4) is 0 Å². The lowest BCUT2D eigenvalue weighted by atomic mass is 10.2. The van der Waals surface area contributed by atoms with Crippen LogP contribution >= 0.6 is 31.9 Å². The molecule has 0 radical (unpaired) electrons. The first-order valence-corrected chi connectivity index (χ1v) is 8.68. The summed E-state index contributed by atoms with van der Waals surface area (Å²) in [4.78, 5) is 11.2. The van der Waals surface area contributed by atoms with Crippen molar-refractivity contribution in [3.05, 3.63) is 57.0 Å². The van der Waals surface area contributed by atoms with Crippen LogP contribution in [0, 0.1) is 0 Å². The predicted octanol–water partition coefficient (Wildman–Crippen LogP) is 3.71. The summed E-state index contributed by atoms with van der Waals surface area (Å²) in [6.07, 6.45) is 0. The number of sulfonamides is 1. The summed E-state index contributed by atoms with van der Waals surface area (Å²) in [7, 11) is -3.85. The van der Waals surface area contributed by atoms with E-state index in [1.165, 1.54) is 24.3 Å². The van der Waals surface area contributed by atoms with Gasteiger partial charge in [0.25, 0.3) is 10.0 Å². The molecule has 0 aliphatic carbocycles. The smallest absolute Gasteiger partial charge is 0.337 e. The van der Waals surface area contributed by atoms with Gasteiger partial charge in [-0.1, -0.05) is 31.9 Å². The number of carboxylic acid groups (broad SMARTS) is 1. The maximum Gasteiger partial charge on any atom is 0.337 e. The molecule has 0 aromatic heterocycles. The fraction of sp³-hybridized carbons (Fsp3) is 0. The van der Waals surface area contributed by atoms with Crippen LogP contribution in [0.2, 0.25) is 0 Å². The molecule has 0 heterocycles. The van der Waals surface area contributed by atoms with Gasteiger partial charge in [0.15, 0.2) is 0 Å². The third-order valence-corrected chi connectivity index (χ3v) is 4.98. The topological polar surface area (TPSA) is 83.5 Å². The Labute approximate surface area is 138 Å². The Balaban J connectivity index is 2.41. The molecule has 0 spiro atoms. The Hall–Kier alpha value is -1.38. The van der Waals surface area contributed by atoms with Crippen molar-refractivity contribution >= 4 is 53.5 Å². The van der Waals surface area contributed by atoms with Crippen molar-refractivity contribution in [2.75, 3.05) is 4.72 Å². The first-order valence-electron chi connectivity index (χ1n) is 5.61. The molecule has 0 fully saturated rings. The van der Waals surface area contributed by atoms with Crippen LogP contribution in [-0.2, 0) is 10.0 Å². The number of hydrogen-bond acceptors (Lipinski definition) is 3.